The Labute approximate surface area is 98.3 Å². The van der Waals surface area contributed by atoms with Crippen molar-refractivity contribution in [3.63, 3.8) is 0 Å². The summed E-state index contributed by atoms with van der Waals surface area (Å²) in [5.41, 5.74) is 4.03. The van der Waals surface area contributed by atoms with Crippen molar-refractivity contribution in [2.24, 2.45) is 0 Å². The maximum atomic E-state index is 8.49. The molecule has 1 aromatic rings. The molecule has 16 heavy (non-hydrogen) atoms. The van der Waals surface area contributed by atoms with Crippen LogP contribution in [0, 0.1) is 11.3 Å². The van der Waals surface area contributed by atoms with Gasteiger partial charge in [0.1, 0.15) is 0 Å². The third kappa shape index (κ3) is 3.27. The first kappa shape index (κ1) is 12.6. The Balaban J connectivity index is 2.71. The third-order valence-corrected chi connectivity index (χ3v) is 2.77. The standard InChI is InChI=1S/C14H20N2/c1-3-12-8-7-9-13(4-2)14(12)16-11-6-5-10-15/h7-9,16H,3-6,11H2,1-2H3. The molecule has 0 aliphatic rings. The number of hydrogen-bond acceptors (Lipinski definition) is 2. The van der Waals surface area contributed by atoms with Crippen LogP contribution in [-0.4, -0.2) is 6.54 Å². The number of benzene rings is 1. The molecule has 0 atom stereocenters. The van der Waals surface area contributed by atoms with Crippen LogP contribution in [-0.2, 0) is 12.8 Å². The smallest absolute Gasteiger partial charge is 0.0622 e. The van der Waals surface area contributed by atoms with Crippen molar-refractivity contribution < 1.29 is 0 Å². The van der Waals surface area contributed by atoms with E-state index in [0.717, 1.165) is 25.8 Å². The molecule has 0 aliphatic heterocycles. The maximum absolute atomic E-state index is 8.49. The molecule has 1 N–H and O–H groups in total. The first-order chi connectivity index (χ1) is 7.83. The Bertz CT molecular complexity index is 341. The zero-order chi connectivity index (χ0) is 11.8. The number of nitriles is 1. The SMILES string of the molecule is CCc1cccc(CC)c1NCCCC#N. The van der Waals surface area contributed by atoms with Gasteiger partial charge in [0.2, 0.25) is 0 Å². The number of para-hydroxylation sites is 1. The van der Waals surface area contributed by atoms with Gasteiger partial charge >= 0.3 is 0 Å². The van der Waals surface area contributed by atoms with Crippen LogP contribution >= 0.6 is 0 Å². The molecule has 0 saturated carbocycles. The highest BCUT2D eigenvalue weighted by Crippen LogP contribution is 2.22. The topological polar surface area (TPSA) is 35.8 Å². The van der Waals surface area contributed by atoms with Gasteiger partial charge in [0.05, 0.1) is 6.07 Å². The summed E-state index contributed by atoms with van der Waals surface area (Å²) >= 11 is 0. The monoisotopic (exact) mass is 216 g/mol. The van der Waals surface area contributed by atoms with Gasteiger partial charge in [-0.15, -0.1) is 0 Å². The van der Waals surface area contributed by atoms with Gasteiger partial charge in [-0.05, 0) is 30.4 Å². The van der Waals surface area contributed by atoms with Gasteiger partial charge in [0, 0.05) is 18.7 Å². The normalized spacial score (nSPS) is 9.81. The summed E-state index contributed by atoms with van der Waals surface area (Å²) in [4.78, 5) is 0. The molecule has 86 valence electrons. The minimum Gasteiger partial charge on any atom is -0.385 e. The first-order valence-corrected chi connectivity index (χ1v) is 6.05. The molecule has 0 bridgehead atoms. The predicted octanol–water partition coefficient (Wildman–Crippen LogP) is 3.53. The number of aryl methyl sites for hydroxylation is 2. The summed E-state index contributed by atoms with van der Waals surface area (Å²) in [6.45, 7) is 5.24. The molecule has 0 spiro atoms. The lowest BCUT2D eigenvalue weighted by molar-refractivity contribution is 0.891. The highest BCUT2D eigenvalue weighted by Gasteiger charge is 2.04. The number of hydrogen-bond donors (Lipinski definition) is 1. The minimum absolute atomic E-state index is 0.628. The van der Waals surface area contributed by atoms with Gasteiger partial charge in [-0.1, -0.05) is 32.0 Å². The van der Waals surface area contributed by atoms with E-state index >= 15 is 0 Å². The summed E-state index contributed by atoms with van der Waals surface area (Å²) in [7, 11) is 0. The maximum Gasteiger partial charge on any atom is 0.0622 e. The van der Waals surface area contributed by atoms with Crippen molar-refractivity contribution >= 4 is 5.69 Å². The van der Waals surface area contributed by atoms with E-state index in [4.69, 9.17) is 5.26 Å². The van der Waals surface area contributed by atoms with Crippen LogP contribution < -0.4 is 5.32 Å². The van der Waals surface area contributed by atoms with Crippen molar-refractivity contribution in [1.82, 2.24) is 0 Å². The molecular formula is C14H20N2. The minimum atomic E-state index is 0.628. The summed E-state index contributed by atoms with van der Waals surface area (Å²) in [5.74, 6) is 0. The van der Waals surface area contributed by atoms with E-state index in [1.165, 1.54) is 16.8 Å². The number of rotatable bonds is 6. The predicted molar refractivity (Wildman–Crippen MR) is 68.5 cm³/mol. The first-order valence-electron chi connectivity index (χ1n) is 6.05. The fourth-order valence-electron chi connectivity index (χ4n) is 1.85. The van der Waals surface area contributed by atoms with Gasteiger partial charge < -0.3 is 5.32 Å². The van der Waals surface area contributed by atoms with Crippen molar-refractivity contribution in [3.05, 3.63) is 29.3 Å². The molecular weight excluding hydrogens is 196 g/mol. The molecule has 0 amide bonds. The van der Waals surface area contributed by atoms with E-state index in [1.54, 1.807) is 0 Å². The molecule has 1 rings (SSSR count). The Hall–Kier alpha value is -1.49. The van der Waals surface area contributed by atoms with Crippen LogP contribution in [0.3, 0.4) is 0 Å². The van der Waals surface area contributed by atoms with E-state index in [-0.39, 0.29) is 0 Å². The molecule has 2 heteroatoms. The van der Waals surface area contributed by atoms with Crippen LogP contribution in [0.1, 0.15) is 37.8 Å². The van der Waals surface area contributed by atoms with Gasteiger partial charge in [0.15, 0.2) is 0 Å². The van der Waals surface area contributed by atoms with Crippen molar-refractivity contribution in [1.29, 1.82) is 5.26 Å². The van der Waals surface area contributed by atoms with E-state index < -0.39 is 0 Å². The van der Waals surface area contributed by atoms with Crippen molar-refractivity contribution in [2.45, 2.75) is 39.5 Å². The van der Waals surface area contributed by atoms with Gasteiger partial charge in [0.25, 0.3) is 0 Å². The lowest BCUT2D eigenvalue weighted by atomic mass is 10.0. The lowest BCUT2D eigenvalue weighted by Gasteiger charge is -2.14. The van der Waals surface area contributed by atoms with E-state index in [0.29, 0.717) is 6.42 Å². The lowest BCUT2D eigenvalue weighted by Crippen LogP contribution is -2.06. The zero-order valence-electron chi connectivity index (χ0n) is 10.2. The average Bonchev–Trinajstić information content (AvgIpc) is 2.34. The Morgan fingerprint density at radius 2 is 1.81 bits per heavy atom. The molecule has 0 unspecified atom stereocenters. The number of nitrogens with one attached hydrogen (secondary N) is 1. The second-order valence-corrected chi connectivity index (χ2v) is 3.85. The highest BCUT2D eigenvalue weighted by atomic mass is 14.9. The van der Waals surface area contributed by atoms with Crippen LogP contribution in [0.25, 0.3) is 0 Å². The number of nitrogens with zero attached hydrogens (tertiary/aromatic N) is 1. The third-order valence-electron chi connectivity index (χ3n) is 2.77. The van der Waals surface area contributed by atoms with E-state index in [2.05, 4.69) is 43.4 Å². The van der Waals surface area contributed by atoms with Crippen molar-refractivity contribution in [2.75, 3.05) is 11.9 Å². The molecule has 0 fully saturated rings. The van der Waals surface area contributed by atoms with Crippen LogP contribution in [0.15, 0.2) is 18.2 Å². The zero-order valence-corrected chi connectivity index (χ0v) is 10.2. The fraction of sp³-hybridized carbons (Fsp3) is 0.500. The van der Waals surface area contributed by atoms with E-state index in [9.17, 15) is 0 Å². The van der Waals surface area contributed by atoms with Crippen molar-refractivity contribution in [3.8, 4) is 6.07 Å². The molecule has 0 aliphatic carbocycles. The Morgan fingerprint density at radius 3 is 2.31 bits per heavy atom. The second kappa shape index (κ2) is 6.90. The molecule has 0 aromatic heterocycles. The van der Waals surface area contributed by atoms with Gasteiger partial charge in [-0.2, -0.15) is 5.26 Å². The molecule has 1 aromatic carbocycles. The van der Waals surface area contributed by atoms with Crippen LogP contribution in [0.5, 0.6) is 0 Å². The van der Waals surface area contributed by atoms with Gasteiger partial charge in [-0.3, -0.25) is 0 Å². The highest BCUT2D eigenvalue weighted by molar-refractivity contribution is 5.57. The second-order valence-electron chi connectivity index (χ2n) is 3.85. The largest absolute Gasteiger partial charge is 0.385 e. The Morgan fingerprint density at radius 1 is 1.19 bits per heavy atom. The van der Waals surface area contributed by atoms with Crippen LogP contribution in [0.4, 0.5) is 5.69 Å². The molecule has 0 heterocycles. The summed E-state index contributed by atoms with van der Waals surface area (Å²) < 4.78 is 0. The van der Waals surface area contributed by atoms with Crippen LogP contribution in [0.2, 0.25) is 0 Å². The Kier molecular flexibility index (Phi) is 5.42. The molecule has 2 nitrogen and oxygen atoms in total. The van der Waals surface area contributed by atoms with E-state index in [1.807, 2.05) is 0 Å². The molecule has 0 radical (unpaired) electrons. The number of anilines is 1. The summed E-state index contributed by atoms with van der Waals surface area (Å²) in [6, 6.07) is 8.64. The van der Waals surface area contributed by atoms with Gasteiger partial charge in [-0.25, -0.2) is 0 Å². The fourth-order valence-corrected chi connectivity index (χ4v) is 1.85. The quantitative estimate of drug-likeness (QED) is 0.738. The summed E-state index contributed by atoms with van der Waals surface area (Å²) in [5, 5.41) is 12.0. The number of unbranched alkanes of at least 4 members (excludes halogenated alkanes) is 1. The summed E-state index contributed by atoms with van der Waals surface area (Å²) in [6.07, 6.45) is 3.64. The molecule has 0 saturated heterocycles. The average molecular weight is 216 g/mol.